The molecule has 0 aromatic carbocycles. The predicted molar refractivity (Wildman–Crippen MR) is 66.0 cm³/mol. The van der Waals surface area contributed by atoms with Crippen LogP contribution < -0.4 is 5.32 Å². The fraction of sp³-hybridized carbons (Fsp3) is 0.833. The van der Waals surface area contributed by atoms with E-state index in [2.05, 4.69) is 5.32 Å². The Morgan fingerprint density at radius 2 is 1.83 bits per heavy atom. The monoisotopic (exact) mass is 261 g/mol. The van der Waals surface area contributed by atoms with Crippen LogP contribution in [0, 0.1) is 0 Å². The molecule has 2 atom stereocenters. The van der Waals surface area contributed by atoms with Crippen molar-refractivity contribution in [1.29, 1.82) is 0 Å². The second-order valence-corrected chi connectivity index (χ2v) is 3.91. The summed E-state index contributed by atoms with van der Waals surface area (Å²) in [6, 6.07) is -0.594. The van der Waals surface area contributed by atoms with Gasteiger partial charge in [-0.2, -0.15) is 0 Å². The molecule has 0 aliphatic heterocycles. The van der Waals surface area contributed by atoms with Crippen LogP contribution in [0.1, 0.15) is 33.6 Å². The van der Waals surface area contributed by atoms with E-state index in [-0.39, 0.29) is 25.5 Å². The maximum atomic E-state index is 11.6. The Kier molecular flexibility index (Phi) is 9.22. The minimum absolute atomic E-state index is 0.143. The minimum Gasteiger partial charge on any atom is -0.466 e. The number of carbonyl (C=O) groups excluding carboxylic acids is 2. The van der Waals surface area contributed by atoms with E-state index in [1.54, 1.807) is 20.8 Å². The van der Waals surface area contributed by atoms with Crippen LogP contribution in [0.4, 0.5) is 0 Å². The van der Waals surface area contributed by atoms with E-state index in [4.69, 9.17) is 14.6 Å². The number of nitrogens with one attached hydrogen (secondary N) is 1. The van der Waals surface area contributed by atoms with E-state index in [9.17, 15) is 9.59 Å². The van der Waals surface area contributed by atoms with Crippen LogP contribution in [0.15, 0.2) is 0 Å². The third-order valence-electron chi connectivity index (χ3n) is 2.17. The van der Waals surface area contributed by atoms with Gasteiger partial charge in [0.25, 0.3) is 0 Å². The SMILES string of the molecule is CCOC(=O)CCC(NCC(C)O)C(=O)OCC. The summed E-state index contributed by atoms with van der Waals surface area (Å²) in [5.41, 5.74) is 0. The van der Waals surface area contributed by atoms with Crippen LogP contribution in [0.25, 0.3) is 0 Å². The highest BCUT2D eigenvalue weighted by Gasteiger charge is 2.21. The molecule has 6 nitrogen and oxygen atoms in total. The number of hydrogen-bond donors (Lipinski definition) is 2. The molecule has 0 saturated carbocycles. The van der Waals surface area contributed by atoms with Crippen molar-refractivity contribution < 1.29 is 24.2 Å². The van der Waals surface area contributed by atoms with Crippen molar-refractivity contribution in [2.24, 2.45) is 0 Å². The first-order chi connectivity index (χ1) is 8.51. The van der Waals surface area contributed by atoms with E-state index in [0.717, 1.165) is 0 Å². The Bertz CT molecular complexity index is 255. The first kappa shape index (κ1) is 16.9. The standard InChI is InChI=1S/C12H23NO5/c1-4-17-11(15)7-6-10(12(16)18-5-2)13-8-9(3)14/h9-10,13-14H,4-8H2,1-3H3. The Labute approximate surface area is 108 Å². The minimum atomic E-state index is -0.594. The number of ether oxygens (including phenoxy) is 2. The molecule has 0 aliphatic rings. The third kappa shape index (κ3) is 8.03. The first-order valence-corrected chi connectivity index (χ1v) is 6.24. The highest BCUT2D eigenvalue weighted by molar-refractivity contribution is 5.77. The quantitative estimate of drug-likeness (QED) is 0.578. The molecule has 0 aromatic heterocycles. The van der Waals surface area contributed by atoms with Gasteiger partial charge in [-0.05, 0) is 27.2 Å². The maximum Gasteiger partial charge on any atom is 0.323 e. The predicted octanol–water partition coefficient (Wildman–Crippen LogP) is 0.232. The number of hydrogen-bond acceptors (Lipinski definition) is 6. The Morgan fingerprint density at radius 3 is 2.33 bits per heavy atom. The van der Waals surface area contributed by atoms with Crippen LogP contribution in [0.5, 0.6) is 0 Å². The lowest BCUT2D eigenvalue weighted by molar-refractivity contribution is -0.147. The second-order valence-electron chi connectivity index (χ2n) is 3.91. The van der Waals surface area contributed by atoms with E-state index in [1.165, 1.54) is 0 Å². The number of carbonyl (C=O) groups is 2. The largest absolute Gasteiger partial charge is 0.466 e. The topological polar surface area (TPSA) is 84.9 Å². The molecule has 0 heterocycles. The summed E-state index contributed by atoms with van der Waals surface area (Å²) in [6.07, 6.45) is -0.126. The lowest BCUT2D eigenvalue weighted by Gasteiger charge is -2.17. The molecule has 6 heteroatoms. The molecule has 0 rings (SSSR count). The second kappa shape index (κ2) is 9.85. The first-order valence-electron chi connectivity index (χ1n) is 6.24. The van der Waals surface area contributed by atoms with Gasteiger partial charge >= 0.3 is 11.9 Å². The highest BCUT2D eigenvalue weighted by atomic mass is 16.5. The van der Waals surface area contributed by atoms with Crippen LogP contribution in [0.2, 0.25) is 0 Å². The molecule has 18 heavy (non-hydrogen) atoms. The van der Waals surface area contributed by atoms with Gasteiger partial charge < -0.3 is 19.9 Å². The van der Waals surface area contributed by atoms with Gasteiger partial charge in [-0.25, -0.2) is 0 Å². The molecule has 0 bridgehead atoms. The zero-order chi connectivity index (χ0) is 14.0. The van der Waals surface area contributed by atoms with E-state index < -0.39 is 18.1 Å². The lowest BCUT2D eigenvalue weighted by Crippen LogP contribution is -2.41. The highest BCUT2D eigenvalue weighted by Crippen LogP contribution is 2.02. The van der Waals surface area contributed by atoms with Crippen molar-refractivity contribution in [3.63, 3.8) is 0 Å². The van der Waals surface area contributed by atoms with Gasteiger partial charge in [0.1, 0.15) is 6.04 Å². The summed E-state index contributed by atoms with van der Waals surface area (Å²) in [5, 5.41) is 12.0. The van der Waals surface area contributed by atoms with Crippen LogP contribution >= 0.6 is 0 Å². The zero-order valence-electron chi connectivity index (χ0n) is 11.3. The molecule has 0 amide bonds. The molecule has 2 N–H and O–H groups in total. The molecule has 0 aliphatic carbocycles. The molecular weight excluding hydrogens is 238 g/mol. The lowest BCUT2D eigenvalue weighted by atomic mass is 10.1. The molecular formula is C12H23NO5. The van der Waals surface area contributed by atoms with Crippen molar-refractivity contribution in [3.8, 4) is 0 Å². The molecule has 0 saturated heterocycles. The number of rotatable bonds is 9. The van der Waals surface area contributed by atoms with Crippen molar-refractivity contribution in [1.82, 2.24) is 5.32 Å². The fourth-order valence-corrected chi connectivity index (χ4v) is 1.35. The molecule has 0 radical (unpaired) electrons. The summed E-state index contributed by atoms with van der Waals surface area (Å²) in [7, 11) is 0. The number of aliphatic hydroxyl groups is 1. The third-order valence-corrected chi connectivity index (χ3v) is 2.17. The number of esters is 2. The summed E-state index contributed by atoms with van der Waals surface area (Å²) < 4.78 is 9.68. The molecule has 2 unspecified atom stereocenters. The van der Waals surface area contributed by atoms with Gasteiger partial charge in [-0.1, -0.05) is 0 Å². The van der Waals surface area contributed by atoms with Crippen molar-refractivity contribution >= 4 is 11.9 Å². The van der Waals surface area contributed by atoms with Crippen molar-refractivity contribution in [2.45, 2.75) is 45.8 Å². The summed E-state index contributed by atoms with van der Waals surface area (Å²) in [4.78, 5) is 22.8. The fourth-order valence-electron chi connectivity index (χ4n) is 1.35. The van der Waals surface area contributed by atoms with Crippen LogP contribution in [-0.2, 0) is 19.1 Å². The summed E-state index contributed by atoms with van der Waals surface area (Å²) in [5.74, 6) is -0.756. The van der Waals surface area contributed by atoms with Crippen molar-refractivity contribution in [2.75, 3.05) is 19.8 Å². The van der Waals surface area contributed by atoms with Crippen LogP contribution in [-0.4, -0.2) is 48.9 Å². The Balaban J connectivity index is 4.19. The van der Waals surface area contributed by atoms with E-state index >= 15 is 0 Å². The van der Waals surface area contributed by atoms with Gasteiger partial charge in [-0.15, -0.1) is 0 Å². The zero-order valence-corrected chi connectivity index (χ0v) is 11.3. The maximum absolute atomic E-state index is 11.6. The average Bonchev–Trinajstić information content (AvgIpc) is 2.29. The Hall–Kier alpha value is -1.14. The van der Waals surface area contributed by atoms with E-state index in [1.807, 2.05) is 0 Å². The molecule has 0 fully saturated rings. The van der Waals surface area contributed by atoms with E-state index in [0.29, 0.717) is 13.0 Å². The normalized spacial score (nSPS) is 13.8. The van der Waals surface area contributed by atoms with Crippen molar-refractivity contribution in [3.05, 3.63) is 0 Å². The number of aliphatic hydroxyl groups excluding tert-OH is 1. The van der Waals surface area contributed by atoms with Gasteiger partial charge in [0.2, 0.25) is 0 Å². The van der Waals surface area contributed by atoms with Gasteiger partial charge in [0.05, 0.1) is 19.3 Å². The molecule has 0 aromatic rings. The smallest absolute Gasteiger partial charge is 0.323 e. The van der Waals surface area contributed by atoms with Gasteiger partial charge in [0, 0.05) is 13.0 Å². The summed E-state index contributed by atoms with van der Waals surface area (Å²) in [6.45, 7) is 5.93. The van der Waals surface area contributed by atoms with Gasteiger partial charge in [0.15, 0.2) is 0 Å². The Morgan fingerprint density at radius 1 is 1.22 bits per heavy atom. The molecule has 106 valence electrons. The summed E-state index contributed by atoms with van der Waals surface area (Å²) >= 11 is 0. The van der Waals surface area contributed by atoms with Gasteiger partial charge in [-0.3, -0.25) is 9.59 Å². The molecule has 0 spiro atoms. The average molecular weight is 261 g/mol. The van der Waals surface area contributed by atoms with Crippen LogP contribution in [0.3, 0.4) is 0 Å².